The molecule has 0 aliphatic rings. The summed E-state index contributed by atoms with van der Waals surface area (Å²) in [4.78, 5) is 2.40. The second kappa shape index (κ2) is 13.8. The molecule has 0 radical (unpaired) electrons. The van der Waals surface area contributed by atoms with Gasteiger partial charge in [-0.25, -0.2) is 0 Å². The van der Waals surface area contributed by atoms with Gasteiger partial charge in [0.05, 0.1) is 22.1 Å². The lowest BCUT2D eigenvalue weighted by molar-refractivity contribution is 0.672. The molecule has 0 aliphatic heterocycles. The monoisotopic (exact) mass is 808 g/mol. The van der Waals surface area contributed by atoms with Crippen molar-refractivity contribution in [3.05, 3.63) is 218 Å². The van der Waals surface area contributed by atoms with Crippen LogP contribution in [0, 0.1) is 0 Å². The highest BCUT2D eigenvalue weighted by Gasteiger charge is 2.22. The fraction of sp³-hybridized carbons (Fsp3) is 0. The number of benzene rings is 10. The first-order valence-electron chi connectivity index (χ1n) is 21.1. The summed E-state index contributed by atoms with van der Waals surface area (Å²) in [6.45, 7) is 0. The molecule has 0 saturated carbocycles. The summed E-state index contributed by atoms with van der Waals surface area (Å²) in [5, 5.41) is 9.56. The minimum absolute atomic E-state index is 0.864. The summed E-state index contributed by atoms with van der Waals surface area (Å²) in [6.07, 6.45) is 0. The van der Waals surface area contributed by atoms with E-state index in [-0.39, 0.29) is 0 Å². The number of aromatic nitrogens is 1. The molecule has 13 rings (SSSR count). The molecule has 0 bridgehead atoms. The maximum atomic E-state index is 6.75. The Morgan fingerprint density at radius 2 is 1.13 bits per heavy atom. The molecule has 3 aromatic heterocycles. The lowest BCUT2D eigenvalue weighted by Crippen LogP contribution is -2.10. The van der Waals surface area contributed by atoms with Gasteiger partial charge in [0.25, 0.3) is 0 Å². The first-order chi connectivity index (χ1) is 30.7. The summed E-state index contributed by atoms with van der Waals surface area (Å²) in [7, 11) is 0. The van der Waals surface area contributed by atoms with Crippen LogP contribution in [0.15, 0.2) is 223 Å². The third-order valence-corrected chi connectivity index (χ3v) is 13.8. The van der Waals surface area contributed by atoms with E-state index in [0.717, 1.165) is 55.6 Å². The molecule has 290 valence electrons. The maximum absolute atomic E-state index is 6.75. The van der Waals surface area contributed by atoms with E-state index in [1.54, 1.807) is 0 Å². The van der Waals surface area contributed by atoms with Crippen molar-refractivity contribution in [3.63, 3.8) is 0 Å². The van der Waals surface area contributed by atoms with Gasteiger partial charge in [-0.05, 0) is 107 Å². The number of thiophene rings is 1. The van der Waals surface area contributed by atoms with Crippen molar-refractivity contribution in [2.24, 2.45) is 0 Å². The van der Waals surface area contributed by atoms with Crippen molar-refractivity contribution < 1.29 is 4.42 Å². The zero-order valence-corrected chi connectivity index (χ0v) is 34.3. The number of furan rings is 1. The van der Waals surface area contributed by atoms with Gasteiger partial charge in [-0.3, -0.25) is 0 Å². The van der Waals surface area contributed by atoms with Crippen LogP contribution in [0.4, 0.5) is 17.1 Å². The van der Waals surface area contributed by atoms with Crippen molar-refractivity contribution in [2.75, 3.05) is 4.90 Å². The molecular weight excluding hydrogens is 773 g/mol. The molecule has 3 heterocycles. The molecule has 0 unspecified atom stereocenters. The fourth-order valence-corrected chi connectivity index (χ4v) is 11.0. The largest absolute Gasteiger partial charge is 0.455 e. The molecule has 0 spiro atoms. The van der Waals surface area contributed by atoms with Gasteiger partial charge in [-0.15, -0.1) is 11.3 Å². The van der Waals surface area contributed by atoms with Crippen molar-refractivity contribution >= 4 is 103 Å². The van der Waals surface area contributed by atoms with E-state index < -0.39 is 0 Å². The van der Waals surface area contributed by atoms with E-state index >= 15 is 0 Å². The lowest BCUT2D eigenvalue weighted by atomic mass is 10.00. The average molecular weight is 809 g/mol. The summed E-state index contributed by atoms with van der Waals surface area (Å²) >= 11 is 1.87. The van der Waals surface area contributed by atoms with Crippen LogP contribution in [0.25, 0.3) is 103 Å². The van der Waals surface area contributed by atoms with Gasteiger partial charge in [0, 0.05) is 58.8 Å². The van der Waals surface area contributed by atoms with Crippen molar-refractivity contribution in [1.82, 2.24) is 4.57 Å². The molecule has 62 heavy (non-hydrogen) atoms. The van der Waals surface area contributed by atoms with Crippen LogP contribution in [0.5, 0.6) is 0 Å². The molecule has 0 amide bonds. The lowest BCUT2D eigenvalue weighted by Gasteiger charge is -2.27. The molecule has 10 aromatic carbocycles. The molecule has 0 aliphatic carbocycles. The predicted molar refractivity (Wildman–Crippen MR) is 264 cm³/mol. The Labute approximate surface area is 361 Å². The standard InChI is InChI=1S/C58H36N2OS/c1-2-15-41(16-3-1)60-51-23-8-6-19-46(51)50-36-40(30-34-52(50)60)39-14-10-17-43(35-39)59(53-24-12-25-54-56(53)49-33-29-37-13-4-5-18-44(37)57(49)61-54)42-31-27-38(28-32-42)45-21-11-22-48-47-20-7-9-26-55(47)62-58(45)48/h1-36H. The number of nitrogens with zero attached hydrogens (tertiary/aromatic N) is 2. The van der Waals surface area contributed by atoms with Crippen molar-refractivity contribution in [3.8, 4) is 27.9 Å². The molecule has 13 aromatic rings. The number of hydrogen-bond acceptors (Lipinski definition) is 3. The van der Waals surface area contributed by atoms with Crippen LogP contribution < -0.4 is 4.90 Å². The summed E-state index contributed by atoms with van der Waals surface area (Å²) in [5.41, 5.74) is 13.3. The molecule has 0 saturated heterocycles. The third-order valence-electron chi connectivity index (χ3n) is 12.6. The predicted octanol–water partition coefficient (Wildman–Crippen LogP) is 17.0. The number of para-hydroxylation sites is 2. The van der Waals surface area contributed by atoms with Gasteiger partial charge < -0.3 is 13.9 Å². The Balaban J connectivity index is 0.994. The average Bonchev–Trinajstić information content (AvgIpc) is 4.02. The first kappa shape index (κ1) is 34.9. The van der Waals surface area contributed by atoms with Crippen LogP contribution in [-0.4, -0.2) is 4.57 Å². The molecule has 3 nitrogen and oxygen atoms in total. The minimum Gasteiger partial charge on any atom is -0.455 e. The van der Waals surface area contributed by atoms with Crippen LogP contribution in [0.3, 0.4) is 0 Å². The Morgan fingerprint density at radius 1 is 0.419 bits per heavy atom. The van der Waals surface area contributed by atoms with Gasteiger partial charge in [0.15, 0.2) is 0 Å². The minimum atomic E-state index is 0.864. The molecule has 0 N–H and O–H groups in total. The number of anilines is 3. The quantitative estimate of drug-likeness (QED) is 0.167. The zero-order chi connectivity index (χ0) is 40.7. The van der Waals surface area contributed by atoms with Gasteiger partial charge in [-0.1, -0.05) is 140 Å². The second-order valence-electron chi connectivity index (χ2n) is 16.0. The molecule has 0 atom stereocenters. The highest BCUT2D eigenvalue weighted by Crippen LogP contribution is 2.46. The van der Waals surface area contributed by atoms with E-state index in [4.69, 9.17) is 4.42 Å². The highest BCUT2D eigenvalue weighted by atomic mass is 32.1. The Hall–Kier alpha value is -7.92. The van der Waals surface area contributed by atoms with Gasteiger partial charge in [0.1, 0.15) is 11.2 Å². The Kier molecular flexibility index (Phi) is 7.78. The van der Waals surface area contributed by atoms with E-state index in [9.17, 15) is 0 Å². The number of hydrogen-bond donors (Lipinski definition) is 0. The third kappa shape index (κ3) is 5.37. The second-order valence-corrected chi connectivity index (χ2v) is 17.1. The van der Waals surface area contributed by atoms with E-state index in [0.29, 0.717) is 0 Å². The highest BCUT2D eigenvalue weighted by molar-refractivity contribution is 7.26. The fourth-order valence-electron chi connectivity index (χ4n) is 9.75. The van der Waals surface area contributed by atoms with Crippen LogP contribution in [0.1, 0.15) is 0 Å². The van der Waals surface area contributed by atoms with Crippen molar-refractivity contribution in [1.29, 1.82) is 0 Å². The normalized spacial score (nSPS) is 11.9. The summed E-state index contributed by atoms with van der Waals surface area (Å²) in [6, 6.07) is 79.1. The SMILES string of the molecule is c1ccc(-n2c3ccccc3c3cc(-c4cccc(N(c5ccc(-c6cccc7c6sc6ccccc67)cc5)c5cccc6oc7c8ccccc8ccc7c56)c4)ccc32)cc1. The molecule has 0 fully saturated rings. The Bertz CT molecular complexity index is 3870. The smallest absolute Gasteiger partial charge is 0.143 e. The van der Waals surface area contributed by atoms with Crippen molar-refractivity contribution in [2.45, 2.75) is 0 Å². The topological polar surface area (TPSA) is 21.3 Å². The molecule has 4 heteroatoms. The van der Waals surface area contributed by atoms with Gasteiger partial charge in [0.2, 0.25) is 0 Å². The zero-order valence-electron chi connectivity index (χ0n) is 33.5. The first-order valence-corrected chi connectivity index (χ1v) is 21.9. The molecular formula is C58H36N2OS. The summed E-state index contributed by atoms with van der Waals surface area (Å²) in [5.74, 6) is 0. The number of rotatable bonds is 6. The van der Waals surface area contributed by atoms with E-state index in [2.05, 4.69) is 228 Å². The number of fused-ring (bicyclic) bond motifs is 11. The van der Waals surface area contributed by atoms with E-state index in [1.165, 1.54) is 64.1 Å². The Morgan fingerprint density at radius 3 is 2.03 bits per heavy atom. The van der Waals surface area contributed by atoms with Gasteiger partial charge in [-0.2, -0.15) is 0 Å². The van der Waals surface area contributed by atoms with Crippen LogP contribution in [0.2, 0.25) is 0 Å². The van der Waals surface area contributed by atoms with Gasteiger partial charge >= 0.3 is 0 Å². The van der Waals surface area contributed by atoms with E-state index in [1.807, 2.05) is 11.3 Å². The van der Waals surface area contributed by atoms with Crippen LogP contribution >= 0.6 is 11.3 Å². The van der Waals surface area contributed by atoms with Crippen LogP contribution in [-0.2, 0) is 0 Å². The summed E-state index contributed by atoms with van der Waals surface area (Å²) < 4.78 is 11.7. The maximum Gasteiger partial charge on any atom is 0.143 e.